The Morgan fingerprint density at radius 2 is 2.27 bits per heavy atom. The highest BCUT2D eigenvalue weighted by Crippen LogP contribution is 2.30. The van der Waals surface area contributed by atoms with Crippen LogP contribution in [0.15, 0.2) is 22.7 Å². The number of likely N-dealkylation sites (N-methyl/N-ethyl adjacent to an activating group) is 1. The highest BCUT2D eigenvalue weighted by atomic mass is 79.9. The molecule has 1 aromatic rings. The van der Waals surface area contributed by atoms with E-state index in [1.165, 1.54) is 6.07 Å². The zero-order valence-corrected chi connectivity index (χ0v) is 9.90. The fraction of sp³-hybridized carbons (Fsp3) is 0.333. The molecule has 0 unspecified atom stereocenters. The number of anilines is 1. The summed E-state index contributed by atoms with van der Waals surface area (Å²) in [6, 6.07) is 4.85. The minimum absolute atomic E-state index is 0.0918. The Morgan fingerprint density at radius 3 is 2.80 bits per heavy atom. The van der Waals surface area contributed by atoms with Crippen LogP contribution in [0.5, 0.6) is 0 Å². The van der Waals surface area contributed by atoms with Gasteiger partial charge in [0.15, 0.2) is 0 Å². The monoisotopic (exact) mass is 273 g/mol. The van der Waals surface area contributed by atoms with E-state index < -0.39 is 4.92 Å². The van der Waals surface area contributed by atoms with Crippen molar-refractivity contribution in [3.8, 4) is 0 Å². The Balaban J connectivity index is 3.12. The Bertz CT molecular complexity index is 370. The molecule has 0 aliphatic carbocycles. The zero-order valence-electron chi connectivity index (χ0n) is 8.31. The molecule has 0 spiro atoms. The minimum Gasteiger partial charge on any atom is -0.368 e. The van der Waals surface area contributed by atoms with Crippen LogP contribution in [0, 0.1) is 10.1 Å². The first kappa shape index (κ1) is 11.9. The topological polar surface area (TPSA) is 72.4 Å². The molecule has 1 rings (SSSR count). The highest BCUT2D eigenvalue weighted by molar-refractivity contribution is 9.10. The van der Waals surface area contributed by atoms with E-state index in [0.717, 1.165) is 4.47 Å². The predicted octanol–water partition coefficient (Wildman–Crippen LogP) is 1.75. The normalized spacial score (nSPS) is 10.1. The van der Waals surface area contributed by atoms with E-state index in [1.807, 2.05) is 0 Å². The van der Waals surface area contributed by atoms with Crippen LogP contribution in [-0.4, -0.2) is 25.1 Å². The first-order valence-corrected chi connectivity index (χ1v) is 5.20. The Labute approximate surface area is 96.1 Å². The van der Waals surface area contributed by atoms with E-state index in [1.54, 1.807) is 24.1 Å². The lowest BCUT2D eigenvalue weighted by atomic mass is 10.2. The molecule has 1 aromatic carbocycles. The van der Waals surface area contributed by atoms with Crippen LogP contribution in [-0.2, 0) is 0 Å². The molecule has 0 amide bonds. The molecule has 0 bridgehead atoms. The molecule has 0 aliphatic rings. The molecule has 0 radical (unpaired) electrons. The molecule has 82 valence electrons. The van der Waals surface area contributed by atoms with Crippen LogP contribution in [0.1, 0.15) is 0 Å². The van der Waals surface area contributed by atoms with Gasteiger partial charge in [0.05, 0.1) is 4.92 Å². The van der Waals surface area contributed by atoms with E-state index in [-0.39, 0.29) is 5.69 Å². The van der Waals surface area contributed by atoms with Gasteiger partial charge in [-0.1, -0.05) is 15.9 Å². The van der Waals surface area contributed by atoms with Crippen molar-refractivity contribution in [1.82, 2.24) is 0 Å². The second-order valence-corrected chi connectivity index (χ2v) is 4.02. The summed E-state index contributed by atoms with van der Waals surface area (Å²) in [5, 5.41) is 10.8. The van der Waals surface area contributed by atoms with Crippen LogP contribution in [0.2, 0.25) is 0 Å². The number of halogens is 1. The van der Waals surface area contributed by atoms with Gasteiger partial charge in [-0.05, 0) is 12.1 Å². The fourth-order valence-corrected chi connectivity index (χ4v) is 1.62. The van der Waals surface area contributed by atoms with Crippen molar-refractivity contribution in [2.75, 3.05) is 25.0 Å². The van der Waals surface area contributed by atoms with Crippen LogP contribution in [0.4, 0.5) is 11.4 Å². The number of hydrogen-bond donors (Lipinski definition) is 1. The van der Waals surface area contributed by atoms with Crippen molar-refractivity contribution in [3.63, 3.8) is 0 Å². The lowest BCUT2D eigenvalue weighted by Crippen LogP contribution is -2.25. The van der Waals surface area contributed by atoms with Crippen molar-refractivity contribution >= 4 is 27.3 Å². The average molecular weight is 274 g/mol. The number of nitrogens with zero attached hydrogens (tertiary/aromatic N) is 2. The molecule has 6 heteroatoms. The maximum atomic E-state index is 10.8. The fourth-order valence-electron chi connectivity index (χ4n) is 1.27. The van der Waals surface area contributed by atoms with Gasteiger partial charge in [-0.3, -0.25) is 10.1 Å². The quantitative estimate of drug-likeness (QED) is 0.670. The van der Waals surface area contributed by atoms with E-state index in [0.29, 0.717) is 18.8 Å². The number of nitro groups is 1. The maximum Gasteiger partial charge on any atom is 0.292 e. The number of nitrogens with two attached hydrogens (primary N) is 1. The van der Waals surface area contributed by atoms with E-state index >= 15 is 0 Å². The van der Waals surface area contributed by atoms with Gasteiger partial charge in [0.1, 0.15) is 5.69 Å². The van der Waals surface area contributed by atoms with Gasteiger partial charge in [-0.2, -0.15) is 0 Å². The second-order valence-electron chi connectivity index (χ2n) is 3.10. The number of benzene rings is 1. The van der Waals surface area contributed by atoms with Crippen LogP contribution >= 0.6 is 15.9 Å². The SMILES string of the molecule is CN(CCN)c1cc(Br)ccc1[N+](=O)[O-]. The number of nitro benzene ring substituents is 1. The van der Waals surface area contributed by atoms with Gasteiger partial charge in [0, 0.05) is 30.7 Å². The maximum absolute atomic E-state index is 10.8. The molecular formula is C9H12BrN3O2. The van der Waals surface area contributed by atoms with Gasteiger partial charge in [0.2, 0.25) is 0 Å². The average Bonchev–Trinajstić information content (AvgIpc) is 2.17. The third-order valence-electron chi connectivity index (χ3n) is 2.01. The standard InChI is InChI=1S/C9H12BrN3O2/c1-12(5-4-11)9-6-7(10)2-3-8(9)13(14)15/h2-3,6H,4-5,11H2,1H3. The number of rotatable bonds is 4. The zero-order chi connectivity index (χ0) is 11.4. The first-order valence-electron chi connectivity index (χ1n) is 4.41. The summed E-state index contributed by atoms with van der Waals surface area (Å²) < 4.78 is 0.812. The molecule has 0 aromatic heterocycles. The summed E-state index contributed by atoms with van der Waals surface area (Å²) in [7, 11) is 1.78. The molecular weight excluding hydrogens is 262 g/mol. The molecule has 5 nitrogen and oxygen atoms in total. The molecule has 0 fully saturated rings. The molecule has 2 N–H and O–H groups in total. The summed E-state index contributed by atoms with van der Waals surface area (Å²) in [5.41, 5.74) is 6.07. The molecule has 0 aliphatic heterocycles. The summed E-state index contributed by atoms with van der Waals surface area (Å²) in [6.07, 6.45) is 0. The number of hydrogen-bond acceptors (Lipinski definition) is 4. The van der Waals surface area contributed by atoms with Gasteiger partial charge in [-0.15, -0.1) is 0 Å². The third-order valence-corrected chi connectivity index (χ3v) is 2.50. The summed E-state index contributed by atoms with van der Waals surface area (Å²) in [5.74, 6) is 0. The molecule has 0 saturated heterocycles. The summed E-state index contributed by atoms with van der Waals surface area (Å²) in [6.45, 7) is 1.04. The smallest absolute Gasteiger partial charge is 0.292 e. The molecule has 0 heterocycles. The van der Waals surface area contributed by atoms with Crippen molar-refractivity contribution < 1.29 is 4.92 Å². The van der Waals surface area contributed by atoms with Gasteiger partial charge in [0.25, 0.3) is 5.69 Å². The van der Waals surface area contributed by atoms with Crippen LogP contribution in [0.25, 0.3) is 0 Å². The predicted molar refractivity (Wildman–Crippen MR) is 63.1 cm³/mol. The van der Waals surface area contributed by atoms with Gasteiger partial charge >= 0.3 is 0 Å². The van der Waals surface area contributed by atoms with Crippen molar-refractivity contribution in [2.24, 2.45) is 5.73 Å². The third kappa shape index (κ3) is 2.90. The minimum atomic E-state index is -0.394. The Kier molecular flexibility index (Phi) is 4.05. The van der Waals surface area contributed by atoms with Crippen molar-refractivity contribution in [3.05, 3.63) is 32.8 Å². The lowest BCUT2D eigenvalue weighted by molar-refractivity contribution is -0.384. The van der Waals surface area contributed by atoms with Crippen LogP contribution in [0.3, 0.4) is 0 Å². The Morgan fingerprint density at radius 1 is 1.60 bits per heavy atom. The Hall–Kier alpha value is -1.14. The lowest BCUT2D eigenvalue weighted by Gasteiger charge is -2.18. The largest absolute Gasteiger partial charge is 0.368 e. The van der Waals surface area contributed by atoms with Gasteiger partial charge in [-0.25, -0.2) is 0 Å². The first-order chi connectivity index (χ1) is 7.06. The second kappa shape index (κ2) is 5.09. The van der Waals surface area contributed by atoms with E-state index in [9.17, 15) is 10.1 Å². The van der Waals surface area contributed by atoms with Crippen molar-refractivity contribution in [1.29, 1.82) is 0 Å². The van der Waals surface area contributed by atoms with E-state index in [2.05, 4.69) is 15.9 Å². The highest BCUT2D eigenvalue weighted by Gasteiger charge is 2.16. The molecule has 0 atom stereocenters. The van der Waals surface area contributed by atoms with Gasteiger partial charge < -0.3 is 10.6 Å². The molecule has 15 heavy (non-hydrogen) atoms. The summed E-state index contributed by atoms with van der Waals surface area (Å²) >= 11 is 3.28. The van der Waals surface area contributed by atoms with Crippen LogP contribution < -0.4 is 10.6 Å². The molecule has 0 saturated carbocycles. The van der Waals surface area contributed by atoms with Crippen molar-refractivity contribution in [2.45, 2.75) is 0 Å². The van der Waals surface area contributed by atoms with E-state index in [4.69, 9.17) is 5.73 Å². The summed E-state index contributed by atoms with van der Waals surface area (Å²) in [4.78, 5) is 12.1.